The average molecular weight is 241 g/mol. The number of ketones is 1. The fraction of sp³-hybridized carbons (Fsp3) is 0.429. The van der Waals surface area contributed by atoms with Crippen molar-refractivity contribution in [3.63, 3.8) is 0 Å². The summed E-state index contributed by atoms with van der Waals surface area (Å²) in [5.74, 6) is -1.30. The molecule has 0 saturated heterocycles. The minimum absolute atomic E-state index is 0.241. The van der Waals surface area contributed by atoms with Crippen molar-refractivity contribution in [3.8, 4) is 0 Å². The molecule has 1 rings (SSSR count). The van der Waals surface area contributed by atoms with Gasteiger partial charge in [-0.15, -0.1) is 0 Å². The number of alkyl halides is 1. The number of esters is 1. The highest BCUT2D eigenvalue weighted by molar-refractivity contribution is 8.09. The number of ether oxygens (including phenoxy) is 1. The summed E-state index contributed by atoms with van der Waals surface area (Å²) in [5, 5.41) is 0. The molecule has 0 radical (unpaired) electrons. The molecule has 6 heteroatoms. The lowest BCUT2D eigenvalue weighted by atomic mass is 10.1. The molecule has 0 amide bonds. The van der Waals surface area contributed by atoms with Crippen molar-refractivity contribution in [2.24, 2.45) is 0 Å². The van der Waals surface area contributed by atoms with Gasteiger partial charge in [-0.1, -0.05) is 35.0 Å². The van der Waals surface area contributed by atoms with Gasteiger partial charge in [-0.25, -0.2) is 4.79 Å². The average Bonchev–Trinajstić information content (AvgIpc) is 2.30. The van der Waals surface area contributed by atoms with E-state index >= 15 is 0 Å². The maximum absolute atomic E-state index is 11.4. The Bertz CT molecular complexity index is 313. The molecule has 72 valence electrons. The van der Waals surface area contributed by atoms with Crippen LogP contribution >= 0.6 is 35.0 Å². The Balaban J connectivity index is 3.02. The van der Waals surface area contributed by atoms with Crippen LogP contribution in [0, 0.1) is 0 Å². The number of hydrogen-bond donors (Lipinski definition) is 0. The summed E-state index contributed by atoms with van der Waals surface area (Å²) in [7, 11) is 1.17. The highest BCUT2D eigenvalue weighted by Crippen LogP contribution is 2.48. The zero-order chi connectivity index (χ0) is 10.2. The Labute approximate surface area is 89.4 Å². The molecule has 3 nitrogen and oxygen atoms in total. The number of thioether (sulfide) groups is 1. The maximum atomic E-state index is 11.4. The molecule has 1 aliphatic heterocycles. The number of rotatable bonds is 1. The lowest BCUT2D eigenvalue weighted by molar-refractivity contribution is -0.143. The predicted molar refractivity (Wildman–Crippen MR) is 51.8 cm³/mol. The summed E-state index contributed by atoms with van der Waals surface area (Å²) >= 11 is 12.2. The molecule has 0 saturated carbocycles. The van der Waals surface area contributed by atoms with Gasteiger partial charge in [0.1, 0.15) is 0 Å². The minimum atomic E-state index is -1.71. The van der Waals surface area contributed by atoms with E-state index in [-0.39, 0.29) is 4.36 Å². The van der Waals surface area contributed by atoms with Crippen LogP contribution in [0.2, 0.25) is 0 Å². The smallest absolute Gasteiger partial charge is 0.345 e. The van der Waals surface area contributed by atoms with Crippen LogP contribution in [0.15, 0.2) is 9.94 Å². The van der Waals surface area contributed by atoms with Gasteiger partial charge >= 0.3 is 5.97 Å². The first-order valence-corrected chi connectivity index (χ1v) is 4.88. The van der Waals surface area contributed by atoms with E-state index in [1.165, 1.54) is 14.0 Å². The molecule has 0 fully saturated rings. The number of carbonyl (C=O) groups excluding carboxylic acids is 2. The van der Waals surface area contributed by atoms with Crippen LogP contribution in [0.4, 0.5) is 0 Å². The molecule has 1 heterocycles. The van der Waals surface area contributed by atoms with Crippen LogP contribution in [-0.2, 0) is 14.3 Å². The number of allylic oxidation sites excluding steroid dienone is 1. The molecule has 13 heavy (non-hydrogen) atoms. The number of halogens is 2. The standard InChI is InChI=1S/C7H6Cl2O3S/c1-3-4(10)7(9,6(11)12-2)13-5(3)8/h1-2H3. The third-order valence-electron chi connectivity index (χ3n) is 1.61. The molecule has 0 spiro atoms. The molecule has 0 aromatic rings. The lowest BCUT2D eigenvalue weighted by Gasteiger charge is -2.14. The molecule has 0 aromatic heterocycles. The summed E-state index contributed by atoms with van der Waals surface area (Å²) < 4.78 is 2.94. The molecular formula is C7H6Cl2O3S. The van der Waals surface area contributed by atoms with Crippen LogP contribution in [0.5, 0.6) is 0 Å². The Kier molecular flexibility index (Phi) is 2.95. The normalized spacial score (nSPS) is 28.2. The Morgan fingerprint density at radius 1 is 1.62 bits per heavy atom. The monoisotopic (exact) mass is 240 g/mol. The van der Waals surface area contributed by atoms with Gasteiger partial charge in [0.05, 0.1) is 11.5 Å². The van der Waals surface area contributed by atoms with E-state index in [1.807, 2.05) is 0 Å². The van der Waals surface area contributed by atoms with Crippen molar-refractivity contribution in [2.45, 2.75) is 11.1 Å². The van der Waals surface area contributed by atoms with E-state index in [4.69, 9.17) is 23.2 Å². The maximum Gasteiger partial charge on any atom is 0.345 e. The second-order valence-electron chi connectivity index (χ2n) is 2.42. The lowest BCUT2D eigenvalue weighted by Crippen LogP contribution is -2.36. The van der Waals surface area contributed by atoms with E-state index in [2.05, 4.69) is 4.74 Å². The number of hydrogen-bond acceptors (Lipinski definition) is 4. The molecule has 1 aliphatic rings. The largest absolute Gasteiger partial charge is 0.467 e. The van der Waals surface area contributed by atoms with Crippen LogP contribution < -0.4 is 0 Å². The topological polar surface area (TPSA) is 43.4 Å². The third-order valence-corrected chi connectivity index (χ3v) is 3.80. The highest BCUT2D eigenvalue weighted by Gasteiger charge is 2.52. The Hall–Kier alpha value is -0.190. The first kappa shape index (κ1) is 10.9. The molecule has 0 N–H and O–H groups in total. The summed E-state index contributed by atoms with van der Waals surface area (Å²) in [6, 6.07) is 0. The molecular weight excluding hydrogens is 235 g/mol. The molecule has 1 unspecified atom stereocenters. The second kappa shape index (κ2) is 3.52. The fourth-order valence-corrected chi connectivity index (χ4v) is 2.75. The van der Waals surface area contributed by atoms with E-state index in [0.29, 0.717) is 5.57 Å². The predicted octanol–water partition coefficient (Wildman–Crippen LogP) is 1.88. The van der Waals surface area contributed by atoms with E-state index in [0.717, 1.165) is 11.8 Å². The van der Waals surface area contributed by atoms with Crippen molar-refractivity contribution < 1.29 is 14.3 Å². The summed E-state index contributed by atoms with van der Waals surface area (Å²) in [6.07, 6.45) is 0. The van der Waals surface area contributed by atoms with Gasteiger partial charge in [-0.2, -0.15) is 0 Å². The zero-order valence-corrected chi connectivity index (χ0v) is 9.22. The molecule has 0 aliphatic carbocycles. The quantitative estimate of drug-likeness (QED) is 0.399. The Morgan fingerprint density at radius 3 is 2.46 bits per heavy atom. The Morgan fingerprint density at radius 2 is 2.15 bits per heavy atom. The van der Waals surface area contributed by atoms with E-state index < -0.39 is 16.0 Å². The fourth-order valence-electron chi connectivity index (χ4n) is 0.842. The van der Waals surface area contributed by atoms with E-state index in [1.54, 1.807) is 0 Å². The zero-order valence-electron chi connectivity index (χ0n) is 6.89. The molecule has 1 atom stereocenters. The van der Waals surface area contributed by atoms with Crippen molar-refractivity contribution in [1.29, 1.82) is 0 Å². The SMILES string of the molecule is COC(=O)C1(Cl)SC(Cl)=C(C)C1=O. The molecule has 0 bridgehead atoms. The van der Waals surface area contributed by atoms with Gasteiger partial charge in [0, 0.05) is 5.57 Å². The number of methoxy groups -OCH3 is 1. The van der Waals surface area contributed by atoms with Crippen LogP contribution in [0.1, 0.15) is 6.92 Å². The summed E-state index contributed by atoms with van der Waals surface area (Å²) in [4.78, 5) is 22.6. The van der Waals surface area contributed by atoms with E-state index in [9.17, 15) is 9.59 Å². The van der Waals surface area contributed by atoms with Crippen LogP contribution in [-0.4, -0.2) is 23.1 Å². The van der Waals surface area contributed by atoms with Gasteiger partial charge < -0.3 is 4.74 Å². The third kappa shape index (κ3) is 1.58. The second-order valence-corrected chi connectivity index (χ2v) is 5.03. The number of Topliss-reactive ketones (excluding diaryl/α,β-unsaturated/α-hetero) is 1. The minimum Gasteiger partial charge on any atom is -0.467 e. The van der Waals surface area contributed by atoms with Crippen LogP contribution in [0.25, 0.3) is 0 Å². The summed E-state index contributed by atoms with van der Waals surface area (Å²) in [6.45, 7) is 1.52. The van der Waals surface area contributed by atoms with Gasteiger partial charge in [-0.3, -0.25) is 4.79 Å². The van der Waals surface area contributed by atoms with Crippen LogP contribution in [0.3, 0.4) is 0 Å². The van der Waals surface area contributed by atoms with Gasteiger partial charge in [0.2, 0.25) is 5.78 Å². The summed E-state index contributed by atoms with van der Waals surface area (Å²) in [5.41, 5.74) is 0.298. The van der Waals surface area contributed by atoms with Crippen molar-refractivity contribution in [3.05, 3.63) is 9.94 Å². The molecule has 0 aromatic carbocycles. The van der Waals surface area contributed by atoms with Crippen molar-refractivity contribution >= 4 is 46.7 Å². The number of carbonyl (C=O) groups is 2. The van der Waals surface area contributed by atoms with Gasteiger partial charge in [-0.05, 0) is 6.92 Å². The first-order chi connectivity index (χ1) is 5.93. The highest BCUT2D eigenvalue weighted by atomic mass is 35.5. The first-order valence-electron chi connectivity index (χ1n) is 3.31. The van der Waals surface area contributed by atoms with Crippen molar-refractivity contribution in [1.82, 2.24) is 0 Å². The van der Waals surface area contributed by atoms with Gasteiger partial charge in [0.15, 0.2) is 0 Å². The van der Waals surface area contributed by atoms with Gasteiger partial charge in [0.25, 0.3) is 4.21 Å². The van der Waals surface area contributed by atoms with Crippen molar-refractivity contribution in [2.75, 3.05) is 7.11 Å².